The smallest absolute Gasteiger partial charge is 0.319 e. The van der Waals surface area contributed by atoms with Gasteiger partial charge in [0.25, 0.3) is 0 Å². The second kappa shape index (κ2) is 6.11. The Morgan fingerprint density at radius 2 is 1.84 bits per heavy atom. The summed E-state index contributed by atoms with van der Waals surface area (Å²) in [5.41, 5.74) is 0.510. The molecule has 0 heterocycles. The second-order valence-corrected chi connectivity index (χ2v) is 4.14. The standard InChI is InChI=1S/C14H13ClN2O2/c1-16-14(18)17-12-9-5-8-11(15)13(12)19-10-6-3-2-4-7-10/h2-9H,1H3,(H2,16,17,18). The van der Waals surface area contributed by atoms with Gasteiger partial charge >= 0.3 is 6.03 Å². The molecular formula is C14H13ClN2O2. The topological polar surface area (TPSA) is 50.4 Å². The first-order valence-corrected chi connectivity index (χ1v) is 6.08. The molecule has 0 atom stereocenters. The number of hydrogen-bond acceptors (Lipinski definition) is 2. The highest BCUT2D eigenvalue weighted by molar-refractivity contribution is 6.32. The zero-order valence-electron chi connectivity index (χ0n) is 10.3. The first-order chi connectivity index (χ1) is 9.20. The summed E-state index contributed by atoms with van der Waals surface area (Å²) >= 11 is 6.11. The summed E-state index contributed by atoms with van der Waals surface area (Å²) in [7, 11) is 1.54. The molecule has 0 saturated heterocycles. The van der Waals surface area contributed by atoms with E-state index in [-0.39, 0.29) is 6.03 Å². The highest BCUT2D eigenvalue weighted by Crippen LogP contribution is 2.36. The fraction of sp³-hybridized carbons (Fsp3) is 0.0714. The van der Waals surface area contributed by atoms with Gasteiger partial charge in [-0.15, -0.1) is 0 Å². The van der Waals surface area contributed by atoms with Crippen LogP contribution in [0.1, 0.15) is 0 Å². The van der Waals surface area contributed by atoms with Gasteiger partial charge in [0.05, 0.1) is 10.7 Å². The van der Waals surface area contributed by atoms with Crippen LogP contribution in [0.2, 0.25) is 5.02 Å². The molecule has 2 N–H and O–H groups in total. The maximum Gasteiger partial charge on any atom is 0.319 e. The van der Waals surface area contributed by atoms with E-state index in [0.29, 0.717) is 22.2 Å². The van der Waals surface area contributed by atoms with E-state index in [1.54, 1.807) is 18.2 Å². The zero-order chi connectivity index (χ0) is 13.7. The lowest BCUT2D eigenvalue weighted by atomic mass is 10.3. The average molecular weight is 277 g/mol. The molecule has 98 valence electrons. The minimum Gasteiger partial charge on any atom is -0.454 e. The van der Waals surface area contributed by atoms with E-state index < -0.39 is 0 Å². The number of rotatable bonds is 3. The second-order valence-electron chi connectivity index (χ2n) is 3.74. The van der Waals surface area contributed by atoms with Gasteiger partial charge in [0.1, 0.15) is 5.75 Å². The molecule has 4 nitrogen and oxygen atoms in total. The van der Waals surface area contributed by atoms with Crippen LogP contribution in [-0.4, -0.2) is 13.1 Å². The molecule has 2 aromatic rings. The van der Waals surface area contributed by atoms with Crippen LogP contribution in [-0.2, 0) is 0 Å². The molecule has 0 fully saturated rings. The van der Waals surface area contributed by atoms with Crippen LogP contribution in [0.4, 0.5) is 10.5 Å². The number of carbonyl (C=O) groups is 1. The van der Waals surface area contributed by atoms with Crippen molar-refractivity contribution in [2.45, 2.75) is 0 Å². The van der Waals surface area contributed by atoms with Crippen LogP contribution >= 0.6 is 11.6 Å². The first-order valence-electron chi connectivity index (χ1n) is 5.71. The monoisotopic (exact) mass is 276 g/mol. The molecule has 0 unspecified atom stereocenters. The van der Waals surface area contributed by atoms with Crippen molar-refractivity contribution in [3.63, 3.8) is 0 Å². The zero-order valence-corrected chi connectivity index (χ0v) is 11.1. The molecule has 0 aromatic heterocycles. The lowest BCUT2D eigenvalue weighted by Gasteiger charge is -2.13. The van der Waals surface area contributed by atoms with Crippen LogP contribution < -0.4 is 15.4 Å². The van der Waals surface area contributed by atoms with Crippen LogP contribution in [0.5, 0.6) is 11.5 Å². The third-order valence-electron chi connectivity index (χ3n) is 2.41. The molecule has 0 spiro atoms. The van der Waals surface area contributed by atoms with Crippen molar-refractivity contribution < 1.29 is 9.53 Å². The maximum absolute atomic E-state index is 11.4. The summed E-state index contributed by atoms with van der Waals surface area (Å²) in [6.07, 6.45) is 0. The van der Waals surface area contributed by atoms with Crippen molar-refractivity contribution in [3.05, 3.63) is 53.6 Å². The van der Waals surface area contributed by atoms with E-state index in [2.05, 4.69) is 10.6 Å². The van der Waals surface area contributed by atoms with E-state index >= 15 is 0 Å². The summed E-state index contributed by atoms with van der Waals surface area (Å²) in [6, 6.07) is 14.1. The van der Waals surface area contributed by atoms with E-state index in [9.17, 15) is 4.79 Å². The van der Waals surface area contributed by atoms with Gasteiger partial charge < -0.3 is 15.4 Å². The number of ether oxygens (including phenoxy) is 1. The number of para-hydroxylation sites is 2. The minimum atomic E-state index is -0.333. The Bertz CT molecular complexity index is 573. The Morgan fingerprint density at radius 1 is 1.11 bits per heavy atom. The SMILES string of the molecule is CNC(=O)Nc1cccc(Cl)c1Oc1ccccc1. The molecule has 5 heteroatoms. The summed E-state index contributed by atoms with van der Waals surface area (Å²) in [6.45, 7) is 0. The quantitative estimate of drug-likeness (QED) is 0.894. The van der Waals surface area contributed by atoms with E-state index in [1.807, 2.05) is 30.3 Å². The molecule has 0 radical (unpaired) electrons. The molecule has 19 heavy (non-hydrogen) atoms. The number of halogens is 1. The van der Waals surface area contributed by atoms with E-state index in [4.69, 9.17) is 16.3 Å². The van der Waals surface area contributed by atoms with Crippen molar-refractivity contribution >= 4 is 23.3 Å². The molecule has 0 saturated carbocycles. The van der Waals surface area contributed by atoms with Gasteiger partial charge in [-0.3, -0.25) is 0 Å². The molecule has 0 aliphatic rings. The van der Waals surface area contributed by atoms with Gasteiger partial charge in [-0.1, -0.05) is 35.9 Å². The highest BCUT2D eigenvalue weighted by Gasteiger charge is 2.11. The molecular weight excluding hydrogens is 264 g/mol. The maximum atomic E-state index is 11.4. The Balaban J connectivity index is 2.30. The lowest BCUT2D eigenvalue weighted by molar-refractivity contribution is 0.254. The molecule has 0 bridgehead atoms. The predicted octanol–water partition coefficient (Wildman–Crippen LogP) is 3.88. The summed E-state index contributed by atoms with van der Waals surface area (Å²) in [4.78, 5) is 11.4. The third kappa shape index (κ3) is 3.39. The predicted molar refractivity (Wildman–Crippen MR) is 76.0 cm³/mol. The van der Waals surface area contributed by atoms with Crippen molar-refractivity contribution in [2.75, 3.05) is 12.4 Å². The third-order valence-corrected chi connectivity index (χ3v) is 2.70. The Hall–Kier alpha value is -2.20. The fourth-order valence-corrected chi connectivity index (χ4v) is 1.72. The van der Waals surface area contributed by atoms with Gasteiger partial charge in [0.15, 0.2) is 5.75 Å². The Labute approximate surface area is 116 Å². The molecule has 2 rings (SSSR count). The summed E-state index contributed by atoms with van der Waals surface area (Å²) in [5, 5.41) is 5.57. The normalized spacial score (nSPS) is 9.79. The van der Waals surface area contributed by atoms with Crippen LogP contribution in [0, 0.1) is 0 Å². The van der Waals surface area contributed by atoms with Crippen LogP contribution in [0.15, 0.2) is 48.5 Å². The summed E-state index contributed by atoms with van der Waals surface area (Å²) in [5.74, 6) is 1.06. The number of hydrogen-bond donors (Lipinski definition) is 2. The molecule has 2 amide bonds. The highest BCUT2D eigenvalue weighted by atomic mass is 35.5. The summed E-state index contributed by atoms with van der Waals surface area (Å²) < 4.78 is 5.71. The van der Waals surface area contributed by atoms with Gasteiger partial charge in [-0.2, -0.15) is 0 Å². The van der Waals surface area contributed by atoms with Gasteiger partial charge in [0.2, 0.25) is 0 Å². The van der Waals surface area contributed by atoms with Crippen molar-refractivity contribution in [2.24, 2.45) is 0 Å². The number of nitrogens with one attached hydrogen (secondary N) is 2. The molecule has 0 aliphatic heterocycles. The average Bonchev–Trinajstić information content (AvgIpc) is 2.43. The number of anilines is 1. The number of amides is 2. The number of urea groups is 1. The Kier molecular flexibility index (Phi) is 4.26. The van der Waals surface area contributed by atoms with Crippen LogP contribution in [0.3, 0.4) is 0 Å². The minimum absolute atomic E-state index is 0.333. The lowest BCUT2D eigenvalue weighted by Crippen LogP contribution is -2.24. The molecule has 0 aliphatic carbocycles. The van der Waals surface area contributed by atoms with Crippen LogP contribution in [0.25, 0.3) is 0 Å². The van der Waals surface area contributed by atoms with Crippen molar-refractivity contribution in [1.29, 1.82) is 0 Å². The number of carbonyl (C=O) groups excluding carboxylic acids is 1. The van der Waals surface area contributed by atoms with E-state index in [1.165, 1.54) is 7.05 Å². The fourth-order valence-electron chi connectivity index (χ4n) is 1.50. The Morgan fingerprint density at radius 3 is 2.53 bits per heavy atom. The van der Waals surface area contributed by atoms with E-state index in [0.717, 1.165) is 0 Å². The largest absolute Gasteiger partial charge is 0.454 e. The molecule has 2 aromatic carbocycles. The van der Waals surface area contributed by atoms with Gasteiger partial charge in [-0.25, -0.2) is 4.79 Å². The number of benzene rings is 2. The van der Waals surface area contributed by atoms with Crippen molar-refractivity contribution in [3.8, 4) is 11.5 Å². The van der Waals surface area contributed by atoms with Gasteiger partial charge in [0, 0.05) is 7.05 Å². The van der Waals surface area contributed by atoms with Gasteiger partial charge in [-0.05, 0) is 24.3 Å². The first kappa shape index (κ1) is 13.2. The van der Waals surface area contributed by atoms with Crippen molar-refractivity contribution in [1.82, 2.24) is 5.32 Å².